The molecule has 0 bridgehead atoms. The van der Waals surface area contributed by atoms with Gasteiger partial charge in [0, 0.05) is 28.1 Å². The lowest BCUT2D eigenvalue weighted by Gasteiger charge is -2.08. The molecule has 0 aliphatic rings. The minimum Gasteiger partial charge on any atom is -0.422 e. The van der Waals surface area contributed by atoms with Gasteiger partial charge in [0.15, 0.2) is 4.34 Å². The van der Waals surface area contributed by atoms with Crippen LogP contribution in [0, 0.1) is 13.8 Å². The van der Waals surface area contributed by atoms with E-state index in [4.69, 9.17) is 9.40 Å². The van der Waals surface area contributed by atoms with Crippen LogP contribution in [-0.4, -0.2) is 4.98 Å². The number of aryl methyl sites for hydroxylation is 2. The highest BCUT2D eigenvalue weighted by Gasteiger charge is 2.11. The molecule has 2 heterocycles. The van der Waals surface area contributed by atoms with Crippen molar-refractivity contribution in [1.29, 1.82) is 0 Å². The molecule has 0 spiro atoms. The van der Waals surface area contributed by atoms with Crippen LogP contribution in [0.3, 0.4) is 0 Å². The van der Waals surface area contributed by atoms with Crippen LogP contribution in [-0.2, 0) is 5.75 Å². The minimum absolute atomic E-state index is 0.300. The SMILES string of the molecule is Cc1ccc2c(CSc3nc(-c4ccccc4)cs3)cc(=O)oc2c1C. The minimum atomic E-state index is -0.300. The lowest BCUT2D eigenvalue weighted by Crippen LogP contribution is -2.01. The first-order valence-corrected chi connectivity index (χ1v) is 10.1. The number of aromatic nitrogens is 1. The quantitative estimate of drug-likeness (QED) is 0.331. The van der Waals surface area contributed by atoms with Gasteiger partial charge in [-0.3, -0.25) is 0 Å². The van der Waals surface area contributed by atoms with E-state index in [2.05, 4.69) is 23.6 Å². The van der Waals surface area contributed by atoms with Gasteiger partial charge in [-0.15, -0.1) is 11.3 Å². The summed E-state index contributed by atoms with van der Waals surface area (Å²) in [5.41, 5.74) is 5.63. The van der Waals surface area contributed by atoms with Gasteiger partial charge in [0.2, 0.25) is 0 Å². The monoisotopic (exact) mass is 379 g/mol. The average Bonchev–Trinajstić information content (AvgIpc) is 3.13. The molecule has 2 aromatic carbocycles. The first-order valence-electron chi connectivity index (χ1n) is 8.28. The van der Waals surface area contributed by atoms with Crippen LogP contribution in [0.15, 0.2) is 67.5 Å². The first-order chi connectivity index (χ1) is 12.6. The van der Waals surface area contributed by atoms with E-state index >= 15 is 0 Å². The number of fused-ring (bicyclic) bond motifs is 1. The molecule has 0 aliphatic heterocycles. The van der Waals surface area contributed by atoms with Gasteiger partial charge in [-0.25, -0.2) is 9.78 Å². The Kier molecular flexibility index (Phi) is 4.66. The largest absolute Gasteiger partial charge is 0.422 e. The molecule has 0 saturated carbocycles. The summed E-state index contributed by atoms with van der Waals surface area (Å²) in [7, 11) is 0. The van der Waals surface area contributed by atoms with Crippen molar-refractivity contribution in [3.63, 3.8) is 0 Å². The lowest BCUT2D eigenvalue weighted by atomic mass is 10.0. The Hall–Kier alpha value is -2.37. The Morgan fingerprint density at radius 1 is 1.12 bits per heavy atom. The lowest BCUT2D eigenvalue weighted by molar-refractivity contribution is 0.557. The molecule has 4 rings (SSSR count). The summed E-state index contributed by atoms with van der Waals surface area (Å²) in [6.07, 6.45) is 0. The molecule has 0 atom stereocenters. The predicted octanol–water partition coefficient (Wildman–Crippen LogP) is 5.83. The Morgan fingerprint density at radius 3 is 2.73 bits per heavy atom. The number of rotatable bonds is 4. The van der Waals surface area contributed by atoms with E-state index in [1.54, 1.807) is 29.2 Å². The van der Waals surface area contributed by atoms with E-state index in [1.807, 2.05) is 38.1 Å². The topological polar surface area (TPSA) is 43.1 Å². The van der Waals surface area contributed by atoms with Gasteiger partial charge < -0.3 is 4.42 Å². The zero-order chi connectivity index (χ0) is 18.1. The summed E-state index contributed by atoms with van der Waals surface area (Å²) in [4.78, 5) is 16.7. The second kappa shape index (κ2) is 7.09. The van der Waals surface area contributed by atoms with E-state index in [0.29, 0.717) is 11.3 Å². The van der Waals surface area contributed by atoms with Crippen LogP contribution in [0.1, 0.15) is 16.7 Å². The highest BCUT2D eigenvalue weighted by molar-refractivity contribution is 8.00. The molecule has 0 N–H and O–H groups in total. The summed E-state index contributed by atoms with van der Waals surface area (Å²) >= 11 is 3.28. The van der Waals surface area contributed by atoms with Crippen LogP contribution in [0.2, 0.25) is 0 Å². The van der Waals surface area contributed by atoms with Crippen molar-refractivity contribution in [2.75, 3.05) is 0 Å². The van der Waals surface area contributed by atoms with Gasteiger partial charge in [-0.1, -0.05) is 54.2 Å². The van der Waals surface area contributed by atoms with Crippen molar-refractivity contribution in [3.8, 4) is 11.3 Å². The molecular formula is C21H17NO2S2. The Morgan fingerprint density at radius 2 is 1.92 bits per heavy atom. The fourth-order valence-electron chi connectivity index (χ4n) is 2.85. The molecule has 4 aromatic rings. The summed E-state index contributed by atoms with van der Waals surface area (Å²) in [5, 5.41) is 3.07. The number of benzene rings is 2. The van der Waals surface area contributed by atoms with E-state index < -0.39 is 0 Å². The summed E-state index contributed by atoms with van der Waals surface area (Å²) in [6.45, 7) is 4.02. The molecule has 130 valence electrons. The molecule has 5 heteroatoms. The van der Waals surface area contributed by atoms with Crippen molar-refractivity contribution in [3.05, 3.63) is 81.0 Å². The molecule has 0 fully saturated rings. The van der Waals surface area contributed by atoms with Crippen LogP contribution in [0.4, 0.5) is 0 Å². The Bertz CT molecular complexity index is 1130. The van der Waals surface area contributed by atoms with Crippen LogP contribution >= 0.6 is 23.1 Å². The maximum absolute atomic E-state index is 12.0. The number of hydrogen-bond donors (Lipinski definition) is 0. The van der Waals surface area contributed by atoms with Crippen LogP contribution in [0.25, 0.3) is 22.2 Å². The molecule has 2 aromatic heterocycles. The number of nitrogens with zero attached hydrogens (tertiary/aromatic N) is 1. The highest BCUT2D eigenvalue weighted by Crippen LogP contribution is 2.32. The molecule has 26 heavy (non-hydrogen) atoms. The van der Waals surface area contributed by atoms with Gasteiger partial charge in [0.1, 0.15) is 5.58 Å². The zero-order valence-corrected chi connectivity index (χ0v) is 16.1. The fourth-order valence-corrected chi connectivity index (χ4v) is 4.67. The highest BCUT2D eigenvalue weighted by atomic mass is 32.2. The van der Waals surface area contributed by atoms with Gasteiger partial charge in [-0.2, -0.15) is 0 Å². The summed E-state index contributed by atoms with van der Waals surface area (Å²) in [6, 6.07) is 15.9. The Labute approximate surface area is 159 Å². The van der Waals surface area contributed by atoms with Gasteiger partial charge in [0.25, 0.3) is 0 Å². The van der Waals surface area contributed by atoms with E-state index in [-0.39, 0.29) is 5.63 Å². The number of thioether (sulfide) groups is 1. The van der Waals surface area contributed by atoms with Crippen LogP contribution in [0.5, 0.6) is 0 Å². The number of hydrogen-bond acceptors (Lipinski definition) is 5. The summed E-state index contributed by atoms with van der Waals surface area (Å²) < 4.78 is 6.44. The molecule has 0 radical (unpaired) electrons. The van der Waals surface area contributed by atoms with Crippen molar-refractivity contribution in [2.24, 2.45) is 0 Å². The third-order valence-corrected chi connectivity index (χ3v) is 6.49. The maximum atomic E-state index is 12.0. The molecular weight excluding hydrogens is 362 g/mol. The zero-order valence-electron chi connectivity index (χ0n) is 14.5. The van der Waals surface area contributed by atoms with E-state index in [1.165, 1.54) is 0 Å². The molecule has 0 saturated heterocycles. The van der Waals surface area contributed by atoms with Gasteiger partial charge >= 0.3 is 5.63 Å². The third-order valence-electron chi connectivity index (χ3n) is 4.42. The standard InChI is InChI=1S/C21H17NO2S2/c1-13-8-9-17-16(10-19(23)24-20(17)14(13)2)11-25-21-22-18(12-26-21)15-6-4-3-5-7-15/h3-10,12H,11H2,1-2H3. The van der Waals surface area contributed by atoms with Crippen molar-refractivity contribution >= 4 is 34.1 Å². The maximum Gasteiger partial charge on any atom is 0.336 e. The van der Waals surface area contributed by atoms with Crippen molar-refractivity contribution in [1.82, 2.24) is 4.98 Å². The fraction of sp³-hybridized carbons (Fsp3) is 0.143. The second-order valence-corrected chi connectivity index (χ2v) is 8.21. The third kappa shape index (κ3) is 3.32. The first kappa shape index (κ1) is 17.1. The molecule has 0 amide bonds. The van der Waals surface area contributed by atoms with Crippen LogP contribution < -0.4 is 5.63 Å². The van der Waals surface area contributed by atoms with Crippen molar-refractivity contribution in [2.45, 2.75) is 23.9 Å². The molecule has 0 unspecified atom stereocenters. The second-order valence-electron chi connectivity index (χ2n) is 6.13. The molecule has 3 nitrogen and oxygen atoms in total. The van der Waals surface area contributed by atoms with Gasteiger partial charge in [-0.05, 0) is 30.5 Å². The average molecular weight is 380 g/mol. The van der Waals surface area contributed by atoms with Gasteiger partial charge in [0.05, 0.1) is 5.69 Å². The van der Waals surface area contributed by atoms with E-state index in [0.717, 1.165) is 37.7 Å². The normalized spacial score (nSPS) is 11.2. The number of thiazole rings is 1. The smallest absolute Gasteiger partial charge is 0.336 e. The molecule has 0 aliphatic carbocycles. The van der Waals surface area contributed by atoms with E-state index in [9.17, 15) is 4.79 Å². The Balaban J connectivity index is 1.62. The summed E-state index contributed by atoms with van der Waals surface area (Å²) in [5.74, 6) is 0.687. The van der Waals surface area contributed by atoms with Crippen molar-refractivity contribution < 1.29 is 4.42 Å². The predicted molar refractivity (Wildman–Crippen MR) is 109 cm³/mol.